The highest BCUT2D eigenvalue weighted by molar-refractivity contribution is 7.99. The van der Waals surface area contributed by atoms with Gasteiger partial charge in [0.2, 0.25) is 5.91 Å². The van der Waals surface area contributed by atoms with Crippen molar-refractivity contribution in [2.45, 2.75) is 24.3 Å². The van der Waals surface area contributed by atoms with Gasteiger partial charge >= 0.3 is 0 Å². The normalized spacial score (nSPS) is 30.1. The van der Waals surface area contributed by atoms with Crippen LogP contribution in [0.3, 0.4) is 0 Å². The average molecular weight is 205 g/mol. The number of hydrogen-bond acceptors (Lipinski definition) is 4. The lowest BCUT2D eigenvalue weighted by Gasteiger charge is -2.16. The van der Waals surface area contributed by atoms with Crippen LogP contribution in [0.5, 0.6) is 0 Å². The van der Waals surface area contributed by atoms with Crippen molar-refractivity contribution in [2.24, 2.45) is 0 Å². The summed E-state index contributed by atoms with van der Waals surface area (Å²) >= 11 is 1.48. The van der Waals surface area contributed by atoms with Crippen LogP contribution in [-0.4, -0.2) is 47.9 Å². The average Bonchev–Trinajstić information content (AvgIpc) is 2.50. The molecule has 3 atom stereocenters. The Kier molecular flexibility index (Phi) is 4.02. The number of nitrogens with one attached hydrogen (secondary N) is 1. The molecule has 3 unspecified atom stereocenters. The summed E-state index contributed by atoms with van der Waals surface area (Å²) in [5, 5.41) is 12.0. The van der Waals surface area contributed by atoms with Gasteiger partial charge in [0.05, 0.1) is 30.6 Å². The number of thioether (sulfide) groups is 1. The summed E-state index contributed by atoms with van der Waals surface area (Å²) in [6.45, 7) is 2.56. The lowest BCUT2D eigenvalue weighted by molar-refractivity contribution is -0.121. The van der Waals surface area contributed by atoms with Crippen molar-refractivity contribution in [3.63, 3.8) is 0 Å². The van der Waals surface area contributed by atoms with Crippen molar-refractivity contribution in [3.8, 4) is 0 Å². The molecule has 0 aromatic heterocycles. The van der Waals surface area contributed by atoms with Crippen molar-refractivity contribution in [1.29, 1.82) is 0 Å². The van der Waals surface area contributed by atoms with Crippen molar-refractivity contribution < 1.29 is 14.6 Å². The zero-order valence-corrected chi connectivity index (χ0v) is 8.63. The van der Waals surface area contributed by atoms with Crippen molar-refractivity contribution >= 4 is 17.7 Å². The lowest BCUT2D eigenvalue weighted by atomic mass is 10.2. The van der Waals surface area contributed by atoms with Gasteiger partial charge in [-0.25, -0.2) is 0 Å². The zero-order chi connectivity index (χ0) is 9.84. The van der Waals surface area contributed by atoms with Gasteiger partial charge in [-0.1, -0.05) is 0 Å². The molecule has 1 fully saturated rings. The van der Waals surface area contributed by atoms with E-state index < -0.39 is 6.10 Å². The Morgan fingerprint density at radius 2 is 2.38 bits per heavy atom. The highest BCUT2D eigenvalue weighted by Crippen LogP contribution is 2.09. The van der Waals surface area contributed by atoms with Gasteiger partial charge in [-0.2, -0.15) is 11.8 Å². The zero-order valence-electron chi connectivity index (χ0n) is 7.82. The third-order valence-corrected chi connectivity index (χ3v) is 3.02. The van der Waals surface area contributed by atoms with Gasteiger partial charge < -0.3 is 15.2 Å². The monoisotopic (exact) mass is 205 g/mol. The maximum atomic E-state index is 11.4. The van der Waals surface area contributed by atoms with Crippen LogP contribution < -0.4 is 5.32 Å². The predicted molar refractivity (Wildman–Crippen MR) is 51.7 cm³/mol. The second-order valence-corrected chi connectivity index (χ2v) is 4.28. The third kappa shape index (κ3) is 2.86. The smallest absolute Gasteiger partial charge is 0.233 e. The first-order valence-electron chi connectivity index (χ1n) is 4.24. The number of amides is 1. The fourth-order valence-corrected chi connectivity index (χ4v) is 1.37. The Hall–Kier alpha value is -0.260. The maximum Gasteiger partial charge on any atom is 0.233 e. The first kappa shape index (κ1) is 10.8. The van der Waals surface area contributed by atoms with Crippen LogP contribution >= 0.6 is 11.8 Å². The van der Waals surface area contributed by atoms with E-state index in [-0.39, 0.29) is 17.2 Å². The Morgan fingerprint density at radius 1 is 1.69 bits per heavy atom. The molecule has 0 aliphatic carbocycles. The number of aliphatic hydroxyl groups excluding tert-OH is 1. The van der Waals surface area contributed by atoms with Crippen LogP contribution in [0.2, 0.25) is 0 Å². The summed E-state index contributed by atoms with van der Waals surface area (Å²) in [5.74, 6) is -0.0398. The maximum absolute atomic E-state index is 11.4. The van der Waals surface area contributed by atoms with Gasteiger partial charge in [-0.15, -0.1) is 0 Å². The van der Waals surface area contributed by atoms with Crippen LogP contribution in [0.1, 0.15) is 6.92 Å². The highest BCUT2D eigenvalue weighted by Gasteiger charge is 2.28. The number of ether oxygens (including phenoxy) is 1. The van der Waals surface area contributed by atoms with Crippen molar-refractivity contribution in [3.05, 3.63) is 0 Å². The number of carbonyl (C=O) groups is 1. The van der Waals surface area contributed by atoms with Crippen LogP contribution in [0.4, 0.5) is 0 Å². The standard InChI is InChI=1S/C8H15NO3S/c1-5(13-2)8(11)9-6-3-12-4-7(6)10/h5-7,10H,3-4H2,1-2H3,(H,9,11). The van der Waals surface area contributed by atoms with Crippen LogP contribution in [0.25, 0.3) is 0 Å². The van der Waals surface area contributed by atoms with Gasteiger partial charge in [0.1, 0.15) is 0 Å². The Bertz CT molecular complexity index is 188. The topological polar surface area (TPSA) is 58.6 Å². The number of rotatable bonds is 3. The second-order valence-electron chi connectivity index (χ2n) is 3.10. The summed E-state index contributed by atoms with van der Waals surface area (Å²) in [5.41, 5.74) is 0. The first-order valence-corrected chi connectivity index (χ1v) is 5.53. The fraction of sp³-hybridized carbons (Fsp3) is 0.875. The molecule has 76 valence electrons. The summed E-state index contributed by atoms with van der Waals surface area (Å²) in [4.78, 5) is 11.4. The van der Waals surface area contributed by atoms with E-state index in [0.717, 1.165) is 0 Å². The molecule has 0 aromatic rings. The number of carbonyl (C=O) groups excluding carboxylic acids is 1. The second kappa shape index (κ2) is 4.83. The summed E-state index contributed by atoms with van der Waals surface area (Å²) in [7, 11) is 0. The minimum Gasteiger partial charge on any atom is -0.388 e. The molecule has 0 spiro atoms. The van der Waals surface area contributed by atoms with E-state index in [4.69, 9.17) is 4.74 Å². The molecule has 4 nitrogen and oxygen atoms in total. The van der Waals surface area contributed by atoms with E-state index in [1.807, 2.05) is 13.2 Å². The molecule has 1 saturated heterocycles. The summed E-state index contributed by atoms with van der Waals surface area (Å²) < 4.78 is 5.01. The minimum absolute atomic E-state index is 0.0398. The highest BCUT2D eigenvalue weighted by atomic mass is 32.2. The molecule has 0 aromatic carbocycles. The summed E-state index contributed by atoms with van der Waals surface area (Å²) in [6, 6.07) is -0.234. The van der Waals surface area contributed by atoms with Gasteiger partial charge in [-0.05, 0) is 13.2 Å². The van der Waals surface area contributed by atoms with Crippen LogP contribution in [0, 0.1) is 0 Å². The number of hydrogen-bond donors (Lipinski definition) is 2. The molecule has 5 heteroatoms. The van der Waals surface area contributed by atoms with E-state index >= 15 is 0 Å². The molecule has 0 bridgehead atoms. The van der Waals surface area contributed by atoms with Crippen molar-refractivity contribution in [1.82, 2.24) is 5.32 Å². The van der Waals surface area contributed by atoms with E-state index in [1.54, 1.807) is 0 Å². The van der Waals surface area contributed by atoms with Crippen LogP contribution in [0.15, 0.2) is 0 Å². The Morgan fingerprint density at radius 3 is 2.85 bits per heavy atom. The molecule has 1 heterocycles. The van der Waals surface area contributed by atoms with Gasteiger partial charge in [0, 0.05) is 0 Å². The molecule has 2 N–H and O–H groups in total. The molecular formula is C8H15NO3S. The molecule has 1 amide bonds. The third-order valence-electron chi connectivity index (χ3n) is 2.10. The van der Waals surface area contributed by atoms with Crippen molar-refractivity contribution in [2.75, 3.05) is 19.5 Å². The van der Waals surface area contributed by atoms with E-state index in [1.165, 1.54) is 11.8 Å². The first-order chi connectivity index (χ1) is 6.15. The quantitative estimate of drug-likeness (QED) is 0.659. The molecule has 1 rings (SSSR count). The van der Waals surface area contributed by atoms with Gasteiger partial charge in [0.15, 0.2) is 0 Å². The van der Waals surface area contributed by atoms with E-state index in [2.05, 4.69) is 5.32 Å². The lowest BCUT2D eigenvalue weighted by Crippen LogP contribution is -2.45. The van der Waals surface area contributed by atoms with Gasteiger partial charge in [0.25, 0.3) is 0 Å². The van der Waals surface area contributed by atoms with Gasteiger partial charge in [-0.3, -0.25) is 4.79 Å². The molecule has 0 saturated carbocycles. The Labute approximate surface area is 82.0 Å². The predicted octanol–water partition coefficient (Wildman–Crippen LogP) is -0.386. The molecule has 1 aliphatic rings. The molecule has 13 heavy (non-hydrogen) atoms. The largest absolute Gasteiger partial charge is 0.388 e. The van der Waals surface area contributed by atoms with Crippen LogP contribution in [-0.2, 0) is 9.53 Å². The molecular weight excluding hydrogens is 190 g/mol. The molecule has 0 radical (unpaired) electrons. The minimum atomic E-state index is -0.557. The van der Waals surface area contributed by atoms with E-state index in [9.17, 15) is 9.90 Å². The number of aliphatic hydroxyl groups is 1. The van der Waals surface area contributed by atoms with E-state index in [0.29, 0.717) is 13.2 Å². The fourth-order valence-electron chi connectivity index (χ4n) is 1.09. The SMILES string of the molecule is CSC(C)C(=O)NC1COCC1O. The Balaban J connectivity index is 2.35. The summed E-state index contributed by atoms with van der Waals surface area (Å²) in [6.07, 6.45) is 1.32. The molecule has 1 aliphatic heterocycles.